The van der Waals surface area contributed by atoms with Crippen molar-refractivity contribution in [3.05, 3.63) is 41.0 Å². The molecule has 1 fully saturated rings. The van der Waals surface area contributed by atoms with Gasteiger partial charge in [0.25, 0.3) is 0 Å². The lowest BCUT2D eigenvalue weighted by Gasteiger charge is -2.02. The quantitative estimate of drug-likeness (QED) is 0.904. The maximum absolute atomic E-state index is 5.89. The molecule has 1 aliphatic carbocycles. The largest absolute Gasteiger partial charge is 0.376 e. The van der Waals surface area contributed by atoms with E-state index in [2.05, 4.69) is 15.5 Å². The number of hydrogen-bond donors (Lipinski definition) is 1. The van der Waals surface area contributed by atoms with Crippen LogP contribution in [-0.4, -0.2) is 10.1 Å². The van der Waals surface area contributed by atoms with E-state index in [1.165, 1.54) is 12.8 Å². The van der Waals surface area contributed by atoms with Crippen molar-refractivity contribution in [2.24, 2.45) is 0 Å². The molecular weight excluding hydrogens is 238 g/mol. The molecule has 0 spiro atoms. The van der Waals surface area contributed by atoms with Crippen LogP contribution in [0.1, 0.15) is 30.5 Å². The molecule has 17 heavy (non-hydrogen) atoms. The Kier molecular flexibility index (Phi) is 2.73. The van der Waals surface area contributed by atoms with Gasteiger partial charge in [0, 0.05) is 16.6 Å². The summed E-state index contributed by atoms with van der Waals surface area (Å²) in [5.74, 6) is 1.98. The van der Waals surface area contributed by atoms with E-state index in [4.69, 9.17) is 16.1 Å². The third kappa shape index (κ3) is 2.58. The molecule has 0 radical (unpaired) electrons. The van der Waals surface area contributed by atoms with Gasteiger partial charge in [0.2, 0.25) is 5.89 Å². The van der Waals surface area contributed by atoms with E-state index < -0.39 is 0 Å². The number of halogens is 1. The Morgan fingerprint density at radius 3 is 3.06 bits per heavy atom. The Morgan fingerprint density at radius 2 is 2.29 bits per heavy atom. The molecule has 0 aliphatic heterocycles. The first-order chi connectivity index (χ1) is 8.31. The zero-order valence-electron chi connectivity index (χ0n) is 9.19. The van der Waals surface area contributed by atoms with E-state index in [-0.39, 0.29) is 0 Å². The SMILES string of the molecule is Clc1cccc(NCc2nc(C3CC3)no2)c1. The van der Waals surface area contributed by atoms with Crippen LogP contribution < -0.4 is 5.32 Å². The number of rotatable bonds is 4. The van der Waals surface area contributed by atoms with Crippen LogP contribution in [0.2, 0.25) is 5.02 Å². The first kappa shape index (κ1) is 10.6. The van der Waals surface area contributed by atoms with Gasteiger partial charge in [-0.3, -0.25) is 0 Å². The summed E-state index contributed by atoms with van der Waals surface area (Å²) in [6, 6.07) is 7.54. The Balaban J connectivity index is 1.62. The molecular formula is C12H12ClN3O. The summed E-state index contributed by atoms with van der Waals surface area (Å²) in [7, 11) is 0. The Labute approximate surface area is 104 Å². The molecule has 0 saturated heterocycles. The lowest BCUT2D eigenvalue weighted by atomic mass is 10.3. The van der Waals surface area contributed by atoms with E-state index in [9.17, 15) is 0 Å². The summed E-state index contributed by atoms with van der Waals surface area (Å²) in [6.45, 7) is 0.528. The van der Waals surface area contributed by atoms with Gasteiger partial charge in [0.15, 0.2) is 5.82 Å². The molecule has 3 rings (SSSR count). The molecule has 4 nitrogen and oxygen atoms in total. The summed E-state index contributed by atoms with van der Waals surface area (Å²) in [5, 5.41) is 7.86. The van der Waals surface area contributed by atoms with E-state index in [1.54, 1.807) is 0 Å². The van der Waals surface area contributed by atoms with Crippen LogP contribution in [0.15, 0.2) is 28.8 Å². The number of anilines is 1. The number of hydrogen-bond acceptors (Lipinski definition) is 4. The molecule has 1 aromatic heterocycles. The second-order valence-electron chi connectivity index (χ2n) is 4.18. The van der Waals surface area contributed by atoms with Crippen LogP contribution in [0.4, 0.5) is 5.69 Å². The average Bonchev–Trinajstić information content (AvgIpc) is 3.07. The first-order valence-corrected chi connectivity index (χ1v) is 6.01. The highest BCUT2D eigenvalue weighted by Crippen LogP contribution is 2.38. The molecule has 2 aromatic rings. The van der Waals surface area contributed by atoms with Crippen molar-refractivity contribution in [3.8, 4) is 0 Å². The fourth-order valence-corrected chi connectivity index (χ4v) is 1.81. The molecule has 5 heteroatoms. The monoisotopic (exact) mass is 249 g/mol. The zero-order chi connectivity index (χ0) is 11.7. The Hall–Kier alpha value is -1.55. The van der Waals surface area contributed by atoms with Gasteiger partial charge in [0.1, 0.15) is 0 Å². The third-order valence-electron chi connectivity index (χ3n) is 2.69. The Bertz CT molecular complexity index is 522. The summed E-state index contributed by atoms with van der Waals surface area (Å²) >= 11 is 5.89. The number of nitrogens with one attached hydrogen (secondary N) is 1. The van der Waals surface area contributed by atoms with Crippen molar-refractivity contribution in [1.82, 2.24) is 10.1 Å². The van der Waals surface area contributed by atoms with Gasteiger partial charge in [-0.15, -0.1) is 0 Å². The highest BCUT2D eigenvalue weighted by Gasteiger charge is 2.28. The van der Waals surface area contributed by atoms with Crippen molar-refractivity contribution in [1.29, 1.82) is 0 Å². The van der Waals surface area contributed by atoms with Gasteiger partial charge in [-0.2, -0.15) is 4.98 Å². The summed E-state index contributed by atoms with van der Waals surface area (Å²) in [4.78, 5) is 4.34. The van der Waals surface area contributed by atoms with Gasteiger partial charge in [-0.1, -0.05) is 22.8 Å². The van der Waals surface area contributed by atoms with E-state index in [1.807, 2.05) is 24.3 Å². The minimum atomic E-state index is 0.527. The molecule has 1 aromatic carbocycles. The highest BCUT2D eigenvalue weighted by atomic mass is 35.5. The fourth-order valence-electron chi connectivity index (χ4n) is 1.62. The number of aromatic nitrogens is 2. The first-order valence-electron chi connectivity index (χ1n) is 5.63. The van der Waals surface area contributed by atoms with Gasteiger partial charge in [-0.25, -0.2) is 0 Å². The lowest BCUT2D eigenvalue weighted by Crippen LogP contribution is -1.99. The van der Waals surface area contributed by atoms with Crippen LogP contribution in [0.5, 0.6) is 0 Å². The van der Waals surface area contributed by atoms with Crippen molar-refractivity contribution >= 4 is 17.3 Å². The van der Waals surface area contributed by atoms with Crippen LogP contribution in [-0.2, 0) is 6.54 Å². The van der Waals surface area contributed by atoms with Crippen LogP contribution in [0.25, 0.3) is 0 Å². The Morgan fingerprint density at radius 1 is 1.41 bits per heavy atom. The molecule has 0 unspecified atom stereocenters. The smallest absolute Gasteiger partial charge is 0.245 e. The van der Waals surface area contributed by atoms with E-state index in [0.29, 0.717) is 23.4 Å². The molecule has 0 amide bonds. The predicted molar refractivity (Wildman–Crippen MR) is 65.1 cm³/mol. The molecule has 1 saturated carbocycles. The van der Waals surface area contributed by atoms with Crippen molar-refractivity contribution in [2.45, 2.75) is 25.3 Å². The van der Waals surface area contributed by atoms with Gasteiger partial charge in [-0.05, 0) is 31.0 Å². The van der Waals surface area contributed by atoms with Crippen molar-refractivity contribution < 1.29 is 4.52 Å². The van der Waals surface area contributed by atoms with Crippen LogP contribution >= 0.6 is 11.6 Å². The molecule has 0 bridgehead atoms. The minimum absolute atomic E-state index is 0.527. The minimum Gasteiger partial charge on any atom is -0.376 e. The number of nitrogens with zero attached hydrogens (tertiary/aromatic N) is 2. The van der Waals surface area contributed by atoms with Crippen molar-refractivity contribution in [3.63, 3.8) is 0 Å². The third-order valence-corrected chi connectivity index (χ3v) is 2.93. The summed E-state index contributed by atoms with van der Waals surface area (Å²) in [5.41, 5.74) is 0.948. The van der Waals surface area contributed by atoms with Crippen LogP contribution in [0.3, 0.4) is 0 Å². The molecule has 88 valence electrons. The van der Waals surface area contributed by atoms with Crippen LogP contribution in [0, 0.1) is 0 Å². The molecule has 1 aliphatic rings. The predicted octanol–water partition coefficient (Wildman–Crippen LogP) is 3.21. The molecule has 1 heterocycles. The van der Waals surface area contributed by atoms with Gasteiger partial charge in [0.05, 0.1) is 6.54 Å². The standard InChI is InChI=1S/C12H12ClN3O/c13-9-2-1-3-10(6-9)14-7-11-15-12(16-17-11)8-4-5-8/h1-3,6,8,14H,4-5,7H2. The normalized spacial score (nSPS) is 14.9. The maximum Gasteiger partial charge on any atom is 0.245 e. The maximum atomic E-state index is 5.89. The molecule has 1 N–H and O–H groups in total. The van der Waals surface area contributed by atoms with Crippen molar-refractivity contribution in [2.75, 3.05) is 5.32 Å². The van der Waals surface area contributed by atoms with E-state index >= 15 is 0 Å². The topological polar surface area (TPSA) is 51.0 Å². The van der Waals surface area contributed by atoms with Gasteiger partial charge >= 0.3 is 0 Å². The number of benzene rings is 1. The summed E-state index contributed by atoms with van der Waals surface area (Å²) in [6.07, 6.45) is 2.36. The lowest BCUT2D eigenvalue weighted by molar-refractivity contribution is 0.378. The summed E-state index contributed by atoms with van der Waals surface area (Å²) < 4.78 is 5.16. The highest BCUT2D eigenvalue weighted by molar-refractivity contribution is 6.30. The molecule has 0 atom stereocenters. The van der Waals surface area contributed by atoms with Gasteiger partial charge < -0.3 is 9.84 Å². The van der Waals surface area contributed by atoms with E-state index in [0.717, 1.165) is 11.5 Å². The zero-order valence-corrected chi connectivity index (χ0v) is 9.94. The second-order valence-corrected chi connectivity index (χ2v) is 4.62. The second kappa shape index (κ2) is 4.37. The average molecular weight is 250 g/mol. The fraction of sp³-hybridized carbons (Fsp3) is 0.333.